The summed E-state index contributed by atoms with van der Waals surface area (Å²) in [7, 11) is 1.69. The van der Waals surface area contributed by atoms with Crippen molar-refractivity contribution in [2.75, 3.05) is 40.0 Å². The number of hydrogen-bond acceptors (Lipinski definition) is 3. The van der Waals surface area contributed by atoms with E-state index in [1.165, 1.54) is 6.07 Å². The first-order valence-corrected chi connectivity index (χ1v) is 7.74. The van der Waals surface area contributed by atoms with Gasteiger partial charge in [0.15, 0.2) is 0 Å². The molecule has 1 aliphatic rings. The van der Waals surface area contributed by atoms with Crippen molar-refractivity contribution in [2.24, 2.45) is 5.41 Å². The molecule has 1 aromatic rings. The maximum atomic E-state index is 14.1. The zero-order chi connectivity index (χ0) is 15.1. The minimum Gasteiger partial charge on any atom is -0.383 e. The van der Waals surface area contributed by atoms with Crippen molar-refractivity contribution in [1.29, 1.82) is 0 Å². The van der Waals surface area contributed by atoms with E-state index in [0.717, 1.165) is 44.7 Å². The van der Waals surface area contributed by atoms with E-state index in [1.807, 2.05) is 0 Å². The third kappa shape index (κ3) is 4.92. The predicted octanol–water partition coefficient (Wildman–Crippen LogP) is 3.05. The number of methoxy groups -OCH3 is 1. The fourth-order valence-electron chi connectivity index (χ4n) is 2.82. The van der Waals surface area contributed by atoms with Gasteiger partial charge in [-0.2, -0.15) is 0 Å². The maximum absolute atomic E-state index is 14.1. The molecule has 0 unspecified atom stereocenters. The second kappa shape index (κ2) is 8.08. The monoisotopic (exact) mass is 315 g/mol. The van der Waals surface area contributed by atoms with Crippen molar-refractivity contribution in [3.05, 3.63) is 34.6 Å². The molecule has 3 nitrogen and oxygen atoms in total. The highest BCUT2D eigenvalue weighted by molar-refractivity contribution is 6.30. The average molecular weight is 316 g/mol. The molecule has 118 valence electrons. The molecule has 5 heteroatoms. The van der Waals surface area contributed by atoms with Crippen LogP contribution in [0.3, 0.4) is 0 Å². The van der Waals surface area contributed by atoms with Crippen molar-refractivity contribution in [3.63, 3.8) is 0 Å². The highest BCUT2D eigenvalue weighted by Gasteiger charge is 2.33. The van der Waals surface area contributed by atoms with Crippen LogP contribution in [0, 0.1) is 11.2 Å². The third-order valence-corrected chi connectivity index (χ3v) is 4.35. The van der Waals surface area contributed by atoms with E-state index < -0.39 is 0 Å². The predicted molar refractivity (Wildman–Crippen MR) is 82.3 cm³/mol. The minimum absolute atomic E-state index is 0.0423. The summed E-state index contributed by atoms with van der Waals surface area (Å²) in [6.45, 7) is 3.81. The van der Waals surface area contributed by atoms with E-state index in [0.29, 0.717) is 18.1 Å². The number of ether oxygens (including phenoxy) is 2. The lowest BCUT2D eigenvalue weighted by Crippen LogP contribution is -2.41. The highest BCUT2D eigenvalue weighted by Crippen LogP contribution is 2.34. The molecular formula is C16H23ClFNO2. The Morgan fingerprint density at radius 2 is 2.14 bits per heavy atom. The van der Waals surface area contributed by atoms with Crippen molar-refractivity contribution in [3.8, 4) is 0 Å². The highest BCUT2D eigenvalue weighted by atomic mass is 35.5. The molecule has 0 saturated carbocycles. The lowest BCUT2D eigenvalue weighted by atomic mass is 9.75. The first-order chi connectivity index (χ1) is 10.2. The number of halogens is 2. The summed E-state index contributed by atoms with van der Waals surface area (Å²) >= 11 is 5.83. The van der Waals surface area contributed by atoms with Gasteiger partial charge in [0.1, 0.15) is 5.82 Å². The summed E-state index contributed by atoms with van der Waals surface area (Å²) in [6, 6.07) is 4.94. The summed E-state index contributed by atoms with van der Waals surface area (Å²) in [4.78, 5) is 0. The van der Waals surface area contributed by atoms with Crippen LogP contribution in [-0.4, -0.2) is 40.0 Å². The van der Waals surface area contributed by atoms with Crippen LogP contribution in [0.25, 0.3) is 0 Å². The van der Waals surface area contributed by atoms with Gasteiger partial charge in [-0.15, -0.1) is 0 Å². The Hall–Kier alpha value is -0.680. The molecule has 0 radical (unpaired) electrons. The van der Waals surface area contributed by atoms with Gasteiger partial charge < -0.3 is 14.8 Å². The third-order valence-electron chi connectivity index (χ3n) is 4.12. The van der Waals surface area contributed by atoms with E-state index >= 15 is 0 Å². The smallest absolute Gasteiger partial charge is 0.127 e. The van der Waals surface area contributed by atoms with Crippen LogP contribution in [0.1, 0.15) is 18.4 Å². The van der Waals surface area contributed by atoms with Gasteiger partial charge in [-0.3, -0.25) is 0 Å². The molecule has 1 aromatic carbocycles. The Balaban J connectivity index is 2.04. The Labute approximate surface area is 130 Å². The fraction of sp³-hybridized carbons (Fsp3) is 0.625. The lowest BCUT2D eigenvalue weighted by Gasteiger charge is -2.38. The Bertz CT molecular complexity index is 450. The number of nitrogens with one attached hydrogen (secondary N) is 1. The van der Waals surface area contributed by atoms with E-state index in [2.05, 4.69) is 5.32 Å². The molecule has 1 saturated heterocycles. The SMILES string of the molecule is COCCNCC1(Cc2ccc(Cl)cc2F)CCOCC1. The zero-order valence-electron chi connectivity index (χ0n) is 12.5. The van der Waals surface area contributed by atoms with E-state index in [-0.39, 0.29) is 11.2 Å². The van der Waals surface area contributed by atoms with Gasteiger partial charge in [0.05, 0.1) is 6.61 Å². The largest absolute Gasteiger partial charge is 0.383 e. The molecule has 2 rings (SSSR count). The summed E-state index contributed by atoms with van der Waals surface area (Å²) in [5.74, 6) is -0.217. The summed E-state index contributed by atoms with van der Waals surface area (Å²) < 4.78 is 24.6. The molecule has 0 amide bonds. The van der Waals surface area contributed by atoms with E-state index in [9.17, 15) is 4.39 Å². The van der Waals surface area contributed by atoms with Gasteiger partial charge in [-0.05, 0) is 42.4 Å². The zero-order valence-corrected chi connectivity index (χ0v) is 13.2. The first kappa shape index (κ1) is 16.7. The summed E-state index contributed by atoms with van der Waals surface area (Å²) in [5.41, 5.74) is 0.774. The van der Waals surface area contributed by atoms with Crippen LogP contribution in [-0.2, 0) is 15.9 Å². The van der Waals surface area contributed by atoms with Crippen molar-refractivity contribution >= 4 is 11.6 Å². The average Bonchev–Trinajstić information content (AvgIpc) is 2.48. The molecule has 21 heavy (non-hydrogen) atoms. The molecule has 0 aliphatic carbocycles. The first-order valence-electron chi connectivity index (χ1n) is 7.37. The number of rotatable bonds is 7. The van der Waals surface area contributed by atoms with Gasteiger partial charge in [0.25, 0.3) is 0 Å². The quantitative estimate of drug-likeness (QED) is 0.785. The van der Waals surface area contributed by atoms with Gasteiger partial charge in [0.2, 0.25) is 0 Å². The maximum Gasteiger partial charge on any atom is 0.127 e. The molecule has 0 spiro atoms. The summed E-state index contributed by atoms with van der Waals surface area (Å²) in [6.07, 6.45) is 2.59. The van der Waals surface area contributed by atoms with E-state index in [1.54, 1.807) is 19.2 Å². The Morgan fingerprint density at radius 3 is 2.81 bits per heavy atom. The molecule has 1 heterocycles. The molecular weight excluding hydrogens is 293 g/mol. The number of hydrogen-bond donors (Lipinski definition) is 1. The van der Waals surface area contributed by atoms with Gasteiger partial charge in [0, 0.05) is 38.4 Å². The van der Waals surface area contributed by atoms with Crippen LogP contribution in [0.15, 0.2) is 18.2 Å². The standard InChI is InChI=1S/C16H23ClFNO2/c1-20-9-6-19-12-16(4-7-21-8-5-16)11-13-2-3-14(17)10-15(13)18/h2-3,10,19H,4-9,11-12H2,1H3. The Morgan fingerprint density at radius 1 is 1.38 bits per heavy atom. The molecule has 1 aliphatic heterocycles. The van der Waals surface area contributed by atoms with Gasteiger partial charge in [-0.25, -0.2) is 4.39 Å². The normalized spacial score (nSPS) is 17.9. The molecule has 0 aromatic heterocycles. The van der Waals surface area contributed by atoms with Crippen LogP contribution in [0.5, 0.6) is 0 Å². The van der Waals surface area contributed by atoms with Gasteiger partial charge >= 0.3 is 0 Å². The van der Waals surface area contributed by atoms with Crippen LogP contribution < -0.4 is 5.32 Å². The van der Waals surface area contributed by atoms with E-state index in [4.69, 9.17) is 21.1 Å². The second-order valence-electron chi connectivity index (χ2n) is 5.69. The Kier molecular flexibility index (Phi) is 6.42. The van der Waals surface area contributed by atoms with Crippen molar-refractivity contribution in [1.82, 2.24) is 5.32 Å². The fourth-order valence-corrected chi connectivity index (χ4v) is 2.98. The molecule has 0 bridgehead atoms. The van der Waals surface area contributed by atoms with Crippen molar-refractivity contribution in [2.45, 2.75) is 19.3 Å². The van der Waals surface area contributed by atoms with Crippen LogP contribution in [0.4, 0.5) is 4.39 Å². The van der Waals surface area contributed by atoms with Gasteiger partial charge in [-0.1, -0.05) is 17.7 Å². The molecule has 1 fully saturated rings. The van der Waals surface area contributed by atoms with Crippen LogP contribution in [0.2, 0.25) is 5.02 Å². The van der Waals surface area contributed by atoms with Crippen LogP contribution >= 0.6 is 11.6 Å². The molecule has 1 N–H and O–H groups in total. The van der Waals surface area contributed by atoms with Crippen molar-refractivity contribution < 1.29 is 13.9 Å². The topological polar surface area (TPSA) is 30.5 Å². The molecule has 0 atom stereocenters. The number of benzene rings is 1. The minimum atomic E-state index is -0.217. The second-order valence-corrected chi connectivity index (χ2v) is 6.13. The summed E-state index contributed by atoms with van der Waals surface area (Å²) in [5, 5.41) is 3.86. The lowest BCUT2D eigenvalue weighted by molar-refractivity contribution is 0.0139.